The third-order valence-electron chi connectivity index (χ3n) is 4.97. The summed E-state index contributed by atoms with van der Waals surface area (Å²) in [5, 5.41) is 0. The minimum absolute atomic E-state index is 0.0131. The van der Waals surface area contributed by atoms with Gasteiger partial charge >= 0.3 is 11.7 Å². The Hall–Kier alpha value is -2.52. The van der Waals surface area contributed by atoms with Gasteiger partial charge < -0.3 is 9.47 Å². The lowest BCUT2D eigenvalue weighted by molar-refractivity contribution is -0.153. The quantitative estimate of drug-likeness (QED) is 0.644. The van der Waals surface area contributed by atoms with Crippen LogP contribution in [0.25, 0.3) is 0 Å². The first kappa shape index (κ1) is 21.2. The monoisotopic (exact) mass is 464 g/mol. The zero-order valence-corrected chi connectivity index (χ0v) is 17.8. The largest absolute Gasteiger partial charge is 0.457 e. The standard InChI is InChI=1S/C20H21BrN2O6/c1-4-15-11(2)16(28-12(3)24)19(29-15)22-10-14(21)18(26)23(20(22)27)17(25)13-8-6-5-7-9-13/h5-11,15-16,19H,4H2,1-3H3/t11?,15-,16+,19-/m1/s1. The highest BCUT2D eigenvalue weighted by atomic mass is 79.9. The van der Waals surface area contributed by atoms with E-state index in [-0.39, 0.29) is 22.1 Å². The van der Waals surface area contributed by atoms with Crippen LogP contribution in [0.3, 0.4) is 0 Å². The molecule has 3 rings (SSSR count). The third-order valence-corrected chi connectivity index (χ3v) is 5.52. The molecule has 0 spiro atoms. The molecule has 0 amide bonds. The highest BCUT2D eigenvalue weighted by Gasteiger charge is 2.45. The predicted octanol–water partition coefficient (Wildman–Crippen LogP) is 2.34. The molecule has 9 heteroatoms. The van der Waals surface area contributed by atoms with Crippen molar-refractivity contribution in [3.63, 3.8) is 0 Å². The second-order valence-corrected chi connectivity index (χ2v) is 7.74. The number of carbonyl (C=O) groups excluding carboxylic acids is 2. The van der Waals surface area contributed by atoms with Crippen LogP contribution in [0.15, 0.2) is 50.6 Å². The molecule has 0 radical (unpaired) electrons. The van der Waals surface area contributed by atoms with Crippen LogP contribution >= 0.6 is 15.9 Å². The number of ether oxygens (including phenoxy) is 2. The number of benzene rings is 1. The SMILES string of the molecule is CC[C@H]1O[C@@H](n2cc(Br)c(=O)n(C(=O)c3ccccc3)c2=O)[C@@H](OC(C)=O)C1C. The van der Waals surface area contributed by atoms with Gasteiger partial charge in [0.05, 0.1) is 10.6 Å². The van der Waals surface area contributed by atoms with Crippen molar-refractivity contribution in [2.24, 2.45) is 5.92 Å². The summed E-state index contributed by atoms with van der Waals surface area (Å²) >= 11 is 3.13. The number of hydrogen-bond donors (Lipinski definition) is 0. The minimum atomic E-state index is -0.960. The summed E-state index contributed by atoms with van der Waals surface area (Å²) in [6, 6.07) is 8.03. The van der Waals surface area contributed by atoms with Crippen molar-refractivity contribution >= 4 is 27.8 Å². The van der Waals surface area contributed by atoms with Gasteiger partial charge in [0.2, 0.25) is 0 Å². The number of nitrogens with zero attached hydrogens (tertiary/aromatic N) is 2. The van der Waals surface area contributed by atoms with Crippen molar-refractivity contribution in [2.75, 3.05) is 0 Å². The summed E-state index contributed by atoms with van der Waals surface area (Å²) < 4.78 is 13.1. The Labute approximate surface area is 175 Å². The van der Waals surface area contributed by atoms with Gasteiger partial charge in [-0.2, -0.15) is 4.57 Å². The van der Waals surface area contributed by atoms with E-state index < -0.39 is 35.5 Å². The average Bonchev–Trinajstić information content (AvgIpc) is 3.00. The van der Waals surface area contributed by atoms with E-state index in [9.17, 15) is 19.2 Å². The molecule has 1 unspecified atom stereocenters. The molecule has 1 fully saturated rings. The van der Waals surface area contributed by atoms with Gasteiger partial charge in [0, 0.05) is 24.6 Å². The number of esters is 1. The minimum Gasteiger partial charge on any atom is -0.457 e. The maximum Gasteiger partial charge on any atom is 0.340 e. The molecule has 4 atom stereocenters. The lowest BCUT2D eigenvalue weighted by atomic mass is 9.98. The predicted molar refractivity (Wildman–Crippen MR) is 108 cm³/mol. The fraction of sp³-hybridized carbons (Fsp3) is 0.400. The van der Waals surface area contributed by atoms with Gasteiger partial charge in [0.1, 0.15) is 0 Å². The van der Waals surface area contributed by atoms with E-state index in [0.717, 1.165) is 4.57 Å². The Balaban J connectivity index is 2.14. The molecular formula is C20H21BrN2O6. The number of hydrogen-bond acceptors (Lipinski definition) is 6. The molecule has 0 saturated carbocycles. The first-order valence-electron chi connectivity index (χ1n) is 9.22. The lowest BCUT2D eigenvalue weighted by Gasteiger charge is -2.23. The molecule has 29 heavy (non-hydrogen) atoms. The summed E-state index contributed by atoms with van der Waals surface area (Å²) in [4.78, 5) is 50.2. The Kier molecular flexibility index (Phi) is 6.18. The van der Waals surface area contributed by atoms with Crippen LogP contribution in [-0.2, 0) is 14.3 Å². The number of halogens is 1. The fourth-order valence-corrected chi connectivity index (χ4v) is 3.91. The van der Waals surface area contributed by atoms with Gasteiger partial charge in [-0.15, -0.1) is 0 Å². The van der Waals surface area contributed by atoms with E-state index >= 15 is 0 Å². The Morgan fingerprint density at radius 2 is 1.86 bits per heavy atom. The molecule has 154 valence electrons. The van der Waals surface area contributed by atoms with Crippen molar-refractivity contribution in [3.8, 4) is 0 Å². The fourth-order valence-electron chi connectivity index (χ4n) is 3.51. The zero-order chi connectivity index (χ0) is 21.3. The molecule has 1 aromatic heterocycles. The van der Waals surface area contributed by atoms with E-state index in [1.165, 1.54) is 25.3 Å². The Morgan fingerprint density at radius 3 is 2.45 bits per heavy atom. The molecule has 1 aromatic carbocycles. The van der Waals surface area contributed by atoms with Crippen LogP contribution in [0.4, 0.5) is 0 Å². The summed E-state index contributed by atoms with van der Waals surface area (Å²) in [7, 11) is 0. The van der Waals surface area contributed by atoms with Gasteiger partial charge in [-0.3, -0.25) is 19.0 Å². The van der Waals surface area contributed by atoms with E-state index in [0.29, 0.717) is 11.0 Å². The van der Waals surface area contributed by atoms with Crippen molar-refractivity contribution in [3.05, 3.63) is 67.4 Å². The molecule has 8 nitrogen and oxygen atoms in total. The highest BCUT2D eigenvalue weighted by molar-refractivity contribution is 9.10. The second kappa shape index (κ2) is 8.46. The molecule has 1 aliphatic heterocycles. The van der Waals surface area contributed by atoms with Crippen LogP contribution < -0.4 is 11.2 Å². The van der Waals surface area contributed by atoms with Crippen molar-refractivity contribution in [2.45, 2.75) is 45.6 Å². The highest BCUT2D eigenvalue weighted by Crippen LogP contribution is 2.36. The van der Waals surface area contributed by atoms with E-state index in [4.69, 9.17) is 9.47 Å². The summed E-state index contributed by atoms with van der Waals surface area (Å²) in [6.45, 7) is 5.07. The van der Waals surface area contributed by atoms with Crippen molar-refractivity contribution < 1.29 is 19.1 Å². The van der Waals surface area contributed by atoms with Crippen LogP contribution in [0.5, 0.6) is 0 Å². The van der Waals surface area contributed by atoms with E-state index in [1.54, 1.807) is 18.2 Å². The smallest absolute Gasteiger partial charge is 0.340 e. The molecule has 1 aliphatic rings. The van der Waals surface area contributed by atoms with Gasteiger partial charge in [0.25, 0.3) is 11.5 Å². The molecule has 0 N–H and O–H groups in total. The van der Waals surface area contributed by atoms with Crippen molar-refractivity contribution in [1.29, 1.82) is 0 Å². The molecular weight excluding hydrogens is 444 g/mol. The molecule has 2 heterocycles. The van der Waals surface area contributed by atoms with Crippen LogP contribution in [0.1, 0.15) is 43.8 Å². The Bertz CT molecular complexity index is 1050. The molecule has 0 aliphatic carbocycles. The lowest BCUT2D eigenvalue weighted by Crippen LogP contribution is -2.46. The normalized spacial score (nSPS) is 23.7. The zero-order valence-electron chi connectivity index (χ0n) is 16.2. The third kappa shape index (κ3) is 3.97. The molecule has 1 saturated heterocycles. The maximum absolute atomic E-state index is 13.1. The average molecular weight is 465 g/mol. The van der Waals surface area contributed by atoms with Crippen LogP contribution in [0.2, 0.25) is 0 Å². The van der Waals surface area contributed by atoms with Gasteiger partial charge in [-0.05, 0) is 34.5 Å². The Morgan fingerprint density at radius 1 is 1.21 bits per heavy atom. The van der Waals surface area contributed by atoms with E-state index in [2.05, 4.69) is 15.9 Å². The first-order valence-corrected chi connectivity index (χ1v) is 10.0. The second-order valence-electron chi connectivity index (χ2n) is 6.89. The number of aromatic nitrogens is 2. The molecule has 0 bridgehead atoms. The van der Waals surface area contributed by atoms with E-state index in [1.807, 2.05) is 13.8 Å². The summed E-state index contributed by atoms with van der Waals surface area (Å²) in [5.41, 5.74) is -1.44. The topological polar surface area (TPSA) is 96.6 Å². The van der Waals surface area contributed by atoms with Crippen LogP contribution in [-0.4, -0.2) is 33.2 Å². The first-order chi connectivity index (χ1) is 13.8. The molecule has 2 aromatic rings. The number of carbonyl (C=O) groups is 2. The van der Waals surface area contributed by atoms with Gasteiger partial charge in [0.15, 0.2) is 12.3 Å². The summed E-state index contributed by atoms with van der Waals surface area (Å²) in [5.74, 6) is -1.43. The number of rotatable bonds is 4. The summed E-state index contributed by atoms with van der Waals surface area (Å²) in [6.07, 6.45) is -0.0302. The van der Waals surface area contributed by atoms with Crippen molar-refractivity contribution in [1.82, 2.24) is 9.13 Å². The van der Waals surface area contributed by atoms with Crippen LogP contribution in [0, 0.1) is 5.92 Å². The van der Waals surface area contributed by atoms with Gasteiger partial charge in [-0.1, -0.05) is 32.0 Å². The van der Waals surface area contributed by atoms with Gasteiger partial charge in [-0.25, -0.2) is 4.79 Å². The maximum atomic E-state index is 13.1.